The molecule has 0 unspecified atom stereocenters. The number of amides is 1. The van der Waals surface area contributed by atoms with Crippen LogP contribution in [0, 0.1) is 19.8 Å². The van der Waals surface area contributed by atoms with E-state index in [0.717, 1.165) is 15.7 Å². The maximum atomic E-state index is 12.4. The fourth-order valence-electron chi connectivity index (χ4n) is 2.70. The van der Waals surface area contributed by atoms with Gasteiger partial charge in [0.2, 0.25) is 15.9 Å². The summed E-state index contributed by atoms with van der Waals surface area (Å²) in [6.45, 7) is 4.23. The number of hydrogen-bond donors (Lipinski definition) is 1. The van der Waals surface area contributed by atoms with Gasteiger partial charge in [0.1, 0.15) is 6.54 Å². The molecule has 1 aliphatic heterocycles. The number of likely N-dealkylation sites (tertiary alicyclic amines) is 1. The summed E-state index contributed by atoms with van der Waals surface area (Å²) in [5.41, 5.74) is 1.73. The first-order valence-corrected chi connectivity index (χ1v) is 9.08. The lowest BCUT2D eigenvalue weighted by molar-refractivity contribution is -0.131. The Bertz CT molecular complexity index is 683. The summed E-state index contributed by atoms with van der Waals surface area (Å²) >= 11 is 0. The molecule has 23 heavy (non-hydrogen) atoms. The second kappa shape index (κ2) is 6.58. The van der Waals surface area contributed by atoms with Crippen molar-refractivity contribution in [3.8, 4) is 0 Å². The van der Waals surface area contributed by atoms with E-state index in [0.29, 0.717) is 0 Å². The molecule has 1 N–H and O–H groups in total. The van der Waals surface area contributed by atoms with Crippen molar-refractivity contribution in [3.63, 3.8) is 0 Å². The molecule has 0 saturated carbocycles. The molecule has 0 bridgehead atoms. The van der Waals surface area contributed by atoms with Crippen LogP contribution in [0.5, 0.6) is 0 Å². The largest absolute Gasteiger partial charge is 0.391 e. The van der Waals surface area contributed by atoms with E-state index in [2.05, 4.69) is 5.10 Å². The zero-order valence-electron chi connectivity index (χ0n) is 13.9. The molecule has 1 saturated heterocycles. The van der Waals surface area contributed by atoms with Gasteiger partial charge in [-0.05, 0) is 19.9 Å². The fourth-order valence-corrected chi connectivity index (χ4v) is 3.87. The number of β-amino-alcohol motifs (C(OH)–C–C–N with tert-alkyl or cyclic N) is 1. The van der Waals surface area contributed by atoms with E-state index in [1.165, 1.54) is 19.0 Å². The Labute approximate surface area is 136 Å². The molecule has 0 spiro atoms. The van der Waals surface area contributed by atoms with Crippen molar-refractivity contribution in [3.05, 3.63) is 17.5 Å². The Balaban J connectivity index is 2.00. The molecule has 1 fully saturated rings. The summed E-state index contributed by atoms with van der Waals surface area (Å²) in [4.78, 5) is 13.9. The van der Waals surface area contributed by atoms with Gasteiger partial charge in [-0.15, -0.1) is 0 Å². The van der Waals surface area contributed by atoms with Crippen LogP contribution >= 0.6 is 0 Å². The lowest BCUT2D eigenvalue weighted by Gasteiger charge is -2.18. The Kier molecular flexibility index (Phi) is 5.12. The minimum absolute atomic E-state index is 0.0968. The van der Waals surface area contributed by atoms with Gasteiger partial charge in [0.25, 0.3) is 0 Å². The van der Waals surface area contributed by atoms with Crippen LogP contribution in [0.2, 0.25) is 0 Å². The number of aromatic nitrogens is 2. The van der Waals surface area contributed by atoms with Gasteiger partial charge in [0.15, 0.2) is 0 Å². The highest BCUT2D eigenvalue weighted by atomic mass is 32.2. The van der Waals surface area contributed by atoms with E-state index < -0.39 is 22.0 Å². The van der Waals surface area contributed by atoms with Gasteiger partial charge in [0, 0.05) is 38.8 Å². The Morgan fingerprint density at radius 2 is 2.04 bits per heavy atom. The van der Waals surface area contributed by atoms with Crippen molar-refractivity contribution >= 4 is 15.9 Å². The summed E-state index contributed by atoms with van der Waals surface area (Å²) < 4.78 is 26.6. The molecule has 1 amide bonds. The molecule has 0 aliphatic carbocycles. The molecule has 2 rings (SSSR count). The first kappa shape index (κ1) is 17.9. The minimum atomic E-state index is -3.41. The van der Waals surface area contributed by atoms with E-state index in [9.17, 15) is 18.3 Å². The summed E-state index contributed by atoms with van der Waals surface area (Å²) in [5.74, 6) is -0.794. The normalized spacial score (nSPS) is 22.1. The van der Waals surface area contributed by atoms with E-state index in [1.54, 1.807) is 4.68 Å². The second-order valence-electron chi connectivity index (χ2n) is 6.27. The van der Waals surface area contributed by atoms with E-state index in [-0.39, 0.29) is 31.3 Å². The van der Waals surface area contributed by atoms with Gasteiger partial charge < -0.3 is 10.0 Å². The molecule has 1 aliphatic rings. The number of nitrogens with zero attached hydrogens (tertiary/aromatic N) is 4. The third-order valence-electron chi connectivity index (χ3n) is 4.13. The Hall–Kier alpha value is -1.45. The van der Waals surface area contributed by atoms with Gasteiger partial charge in [-0.25, -0.2) is 12.7 Å². The standard InChI is InChI=1S/C14H24N4O4S/c1-10-5-11(2)18(15-10)8-14(20)17-6-12(13(19)7-17)9-23(21,22)16(3)4/h5,12-13,19H,6-9H2,1-4H3/t12-,13+/m0/s1. The van der Waals surface area contributed by atoms with Gasteiger partial charge in [0.05, 0.1) is 17.6 Å². The fraction of sp³-hybridized carbons (Fsp3) is 0.714. The lowest BCUT2D eigenvalue weighted by atomic mass is 10.1. The summed E-state index contributed by atoms with van der Waals surface area (Å²) in [5, 5.41) is 14.3. The third-order valence-corrected chi connectivity index (χ3v) is 6.09. The van der Waals surface area contributed by atoms with Crippen LogP contribution in [0.15, 0.2) is 6.07 Å². The molecular weight excluding hydrogens is 320 g/mol. The lowest BCUT2D eigenvalue weighted by Crippen LogP contribution is -2.34. The first-order chi connectivity index (χ1) is 10.6. The smallest absolute Gasteiger partial charge is 0.244 e. The van der Waals surface area contributed by atoms with Crippen molar-refractivity contribution in [2.45, 2.75) is 26.5 Å². The van der Waals surface area contributed by atoms with Gasteiger partial charge in [-0.1, -0.05) is 0 Å². The van der Waals surface area contributed by atoms with Crippen LogP contribution in [-0.2, 0) is 21.4 Å². The molecule has 0 radical (unpaired) electrons. The first-order valence-electron chi connectivity index (χ1n) is 7.47. The average molecular weight is 344 g/mol. The summed E-state index contributed by atoms with van der Waals surface area (Å²) in [7, 11) is -0.487. The molecule has 8 nitrogen and oxygen atoms in total. The molecule has 2 heterocycles. The van der Waals surface area contributed by atoms with Crippen molar-refractivity contribution in [2.75, 3.05) is 32.9 Å². The zero-order chi connectivity index (χ0) is 17.4. The Morgan fingerprint density at radius 1 is 1.39 bits per heavy atom. The van der Waals surface area contributed by atoms with E-state index in [1.807, 2.05) is 19.9 Å². The maximum Gasteiger partial charge on any atom is 0.244 e. The van der Waals surface area contributed by atoms with Crippen LogP contribution in [-0.4, -0.2) is 77.5 Å². The summed E-state index contributed by atoms with van der Waals surface area (Å²) in [6, 6.07) is 1.89. The molecule has 0 aromatic carbocycles. The van der Waals surface area contributed by atoms with Crippen molar-refractivity contribution < 1.29 is 18.3 Å². The van der Waals surface area contributed by atoms with Crippen LogP contribution < -0.4 is 0 Å². The number of sulfonamides is 1. The van der Waals surface area contributed by atoms with Gasteiger partial charge >= 0.3 is 0 Å². The van der Waals surface area contributed by atoms with Crippen LogP contribution in [0.3, 0.4) is 0 Å². The number of rotatable bonds is 5. The van der Waals surface area contributed by atoms with Gasteiger partial charge in [-0.3, -0.25) is 9.48 Å². The molecule has 2 atom stereocenters. The highest BCUT2D eigenvalue weighted by Crippen LogP contribution is 2.20. The molecule has 1 aromatic rings. The number of aliphatic hydroxyl groups excluding tert-OH is 1. The topological polar surface area (TPSA) is 95.7 Å². The van der Waals surface area contributed by atoms with Crippen LogP contribution in [0.1, 0.15) is 11.4 Å². The zero-order valence-corrected chi connectivity index (χ0v) is 14.7. The SMILES string of the molecule is Cc1cc(C)n(CC(=O)N2C[C@@H](CS(=O)(=O)N(C)C)[C@H](O)C2)n1. The van der Waals surface area contributed by atoms with Crippen LogP contribution in [0.4, 0.5) is 0 Å². The number of carbonyl (C=O) groups is 1. The third kappa shape index (κ3) is 4.10. The average Bonchev–Trinajstić information content (AvgIpc) is 2.93. The maximum absolute atomic E-state index is 12.4. The van der Waals surface area contributed by atoms with Crippen molar-refractivity contribution in [1.82, 2.24) is 19.0 Å². The highest BCUT2D eigenvalue weighted by Gasteiger charge is 2.37. The van der Waals surface area contributed by atoms with E-state index in [4.69, 9.17) is 0 Å². The number of aryl methyl sites for hydroxylation is 2. The Morgan fingerprint density at radius 3 is 2.57 bits per heavy atom. The molecule has 1 aromatic heterocycles. The quantitative estimate of drug-likeness (QED) is 0.755. The van der Waals surface area contributed by atoms with Crippen LogP contribution in [0.25, 0.3) is 0 Å². The number of hydrogen-bond acceptors (Lipinski definition) is 5. The minimum Gasteiger partial charge on any atom is -0.391 e. The summed E-state index contributed by atoms with van der Waals surface area (Å²) in [6.07, 6.45) is -0.825. The number of aliphatic hydroxyl groups is 1. The number of carbonyl (C=O) groups excluding carboxylic acids is 1. The predicted octanol–water partition coefficient (Wildman–Crippen LogP) is -0.789. The molecular formula is C14H24N4O4S. The van der Waals surface area contributed by atoms with Gasteiger partial charge in [-0.2, -0.15) is 5.10 Å². The molecule has 130 valence electrons. The van der Waals surface area contributed by atoms with Crippen molar-refractivity contribution in [1.29, 1.82) is 0 Å². The molecule has 9 heteroatoms. The van der Waals surface area contributed by atoms with E-state index >= 15 is 0 Å². The van der Waals surface area contributed by atoms with Crippen molar-refractivity contribution in [2.24, 2.45) is 5.92 Å². The predicted molar refractivity (Wildman–Crippen MR) is 85.3 cm³/mol. The highest BCUT2D eigenvalue weighted by molar-refractivity contribution is 7.89. The monoisotopic (exact) mass is 344 g/mol. The second-order valence-corrected chi connectivity index (χ2v) is 8.50.